The molecule has 1 heterocycles. The van der Waals surface area contributed by atoms with Crippen LogP contribution in [-0.4, -0.2) is 12.6 Å². The van der Waals surface area contributed by atoms with Crippen molar-refractivity contribution in [2.45, 2.75) is 0 Å². The van der Waals surface area contributed by atoms with Crippen molar-refractivity contribution < 1.29 is 0 Å². The average Bonchev–Trinajstić information content (AvgIpc) is 3.48. The van der Waals surface area contributed by atoms with Crippen LogP contribution in [0.2, 0.25) is 0 Å². The molecular weight excluding hydrogens is 573 g/mol. The third-order valence-corrected chi connectivity index (χ3v) is 14.0. The minimum absolute atomic E-state index is 0.711. The first kappa shape index (κ1) is 27.6. The number of hydrogen-bond donors (Lipinski definition) is 0. The molecule has 2 nitrogen and oxygen atoms in total. The molecule has 3 heteroatoms. The maximum Gasteiger partial charge on any atom is 0.180 e. The predicted molar refractivity (Wildman–Crippen MR) is 195 cm³/mol. The molecule has 7 aromatic carbocycles. The van der Waals surface area contributed by atoms with Gasteiger partial charge in [0, 0.05) is 16.5 Å². The lowest BCUT2D eigenvalue weighted by atomic mass is 10.0. The molecule has 0 unspecified atom stereocenters. The molecule has 0 spiro atoms. The summed E-state index contributed by atoms with van der Waals surface area (Å²) in [5, 5.41) is 18.1. The lowest BCUT2D eigenvalue weighted by Gasteiger charge is -2.35. The Kier molecular flexibility index (Phi) is 6.91. The van der Waals surface area contributed by atoms with Gasteiger partial charge in [0.05, 0.1) is 22.7 Å². The van der Waals surface area contributed by atoms with Crippen LogP contribution in [0.15, 0.2) is 182 Å². The molecule has 46 heavy (non-hydrogen) atoms. The molecule has 0 atom stereocenters. The monoisotopic (exact) mass is 602 g/mol. The van der Waals surface area contributed by atoms with Crippen LogP contribution in [0.1, 0.15) is 5.56 Å². The summed E-state index contributed by atoms with van der Waals surface area (Å²) in [7, 11) is -2.83. The van der Waals surface area contributed by atoms with Gasteiger partial charge in [-0.25, -0.2) is 0 Å². The Labute approximate surface area is 270 Å². The smallest absolute Gasteiger partial charge is 0.180 e. The Morgan fingerprint density at radius 2 is 0.913 bits per heavy atom. The van der Waals surface area contributed by atoms with E-state index in [4.69, 9.17) is 0 Å². The summed E-state index contributed by atoms with van der Waals surface area (Å²) >= 11 is 0. The maximum absolute atomic E-state index is 10.8. The van der Waals surface area contributed by atoms with Crippen molar-refractivity contribution in [1.29, 1.82) is 5.26 Å². The fraction of sp³-hybridized carbons (Fsp3) is 0. The Hall–Kier alpha value is -5.95. The molecule has 0 bridgehead atoms. The first-order valence-electron chi connectivity index (χ1n) is 15.6. The van der Waals surface area contributed by atoms with Gasteiger partial charge in [-0.3, -0.25) is 0 Å². The fourth-order valence-electron chi connectivity index (χ4n) is 7.20. The standard InChI is InChI=1S/C43H30N2Si/c44-31-34-29-33(32-15-14-16-35(30-32)45-41-25-12-10-23-39(41)40-24-11-13-26-42(40)45)27-28-43(34)46(36-17-4-1-5-18-36,37-19-6-2-7-20-37)38-21-8-3-9-22-38/h1-30H. The van der Waals surface area contributed by atoms with E-state index in [0.717, 1.165) is 22.0 Å². The van der Waals surface area contributed by atoms with Crippen molar-refractivity contribution in [3.05, 3.63) is 188 Å². The van der Waals surface area contributed by atoms with E-state index in [0.29, 0.717) is 5.56 Å². The number of para-hydroxylation sites is 2. The molecule has 0 fully saturated rings. The van der Waals surface area contributed by atoms with Crippen molar-refractivity contribution in [2.75, 3.05) is 0 Å². The zero-order valence-electron chi connectivity index (χ0n) is 25.2. The van der Waals surface area contributed by atoms with Crippen LogP contribution >= 0.6 is 0 Å². The fourth-order valence-corrected chi connectivity index (χ4v) is 12.1. The number of hydrogen-bond acceptors (Lipinski definition) is 1. The number of rotatable bonds is 6. The quantitative estimate of drug-likeness (QED) is 0.142. The SMILES string of the molecule is N#Cc1cc(-c2cccc(-n3c4ccccc4c4ccccc43)c2)ccc1[Si](c1ccccc1)(c1ccccc1)c1ccccc1. The minimum Gasteiger partial charge on any atom is -0.309 e. The van der Waals surface area contributed by atoms with E-state index in [9.17, 15) is 5.26 Å². The molecule has 8 aromatic rings. The Morgan fingerprint density at radius 3 is 1.43 bits per heavy atom. The number of aromatic nitrogens is 1. The molecule has 0 N–H and O–H groups in total. The summed E-state index contributed by atoms with van der Waals surface area (Å²) in [6.07, 6.45) is 0. The zero-order chi connectivity index (χ0) is 30.9. The number of nitrogens with zero attached hydrogens (tertiary/aromatic N) is 2. The van der Waals surface area contributed by atoms with Crippen LogP contribution in [0.3, 0.4) is 0 Å². The summed E-state index contributed by atoms with van der Waals surface area (Å²) in [5.74, 6) is 0. The van der Waals surface area contributed by atoms with Gasteiger partial charge >= 0.3 is 0 Å². The minimum atomic E-state index is -2.83. The zero-order valence-corrected chi connectivity index (χ0v) is 26.2. The number of nitriles is 1. The maximum atomic E-state index is 10.8. The van der Waals surface area contributed by atoms with Gasteiger partial charge in [0.2, 0.25) is 0 Å². The molecule has 0 aliphatic rings. The van der Waals surface area contributed by atoms with Gasteiger partial charge in [-0.2, -0.15) is 5.26 Å². The first-order valence-corrected chi connectivity index (χ1v) is 17.6. The van der Waals surface area contributed by atoms with Crippen molar-refractivity contribution >= 4 is 50.6 Å². The second kappa shape index (κ2) is 11.5. The molecule has 8 rings (SSSR count). The summed E-state index contributed by atoms with van der Waals surface area (Å²) in [6, 6.07) is 67.3. The van der Waals surface area contributed by atoms with Crippen LogP contribution in [0.5, 0.6) is 0 Å². The van der Waals surface area contributed by atoms with E-state index in [1.54, 1.807) is 0 Å². The lowest BCUT2D eigenvalue weighted by Crippen LogP contribution is -2.75. The summed E-state index contributed by atoms with van der Waals surface area (Å²) in [6.45, 7) is 0. The van der Waals surface area contributed by atoms with Crippen molar-refractivity contribution in [2.24, 2.45) is 0 Å². The second-order valence-electron chi connectivity index (χ2n) is 11.6. The van der Waals surface area contributed by atoms with E-state index in [-0.39, 0.29) is 0 Å². The number of benzene rings is 7. The van der Waals surface area contributed by atoms with E-state index in [2.05, 4.69) is 193 Å². The highest BCUT2D eigenvalue weighted by Gasteiger charge is 2.42. The van der Waals surface area contributed by atoms with E-state index >= 15 is 0 Å². The van der Waals surface area contributed by atoms with Gasteiger partial charge in [0.15, 0.2) is 8.07 Å². The van der Waals surface area contributed by atoms with Crippen LogP contribution in [0.25, 0.3) is 38.6 Å². The van der Waals surface area contributed by atoms with Crippen molar-refractivity contribution in [3.63, 3.8) is 0 Å². The summed E-state index contributed by atoms with van der Waals surface area (Å²) < 4.78 is 2.34. The summed E-state index contributed by atoms with van der Waals surface area (Å²) in [4.78, 5) is 0. The Morgan fingerprint density at radius 1 is 0.435 bits per heavy atom. The lowest BCUT2D eigenvalue weighted by molar-refractivity contribution is 1.18. The molecule has 0 saturated heterocycles. The molecular formula is C43H30N2Si. The highest BCUT2D eigenvalue weighted by Crippen LogP contribution is 2.33. The molecule has 0 amide bonds. The third kappa shape index (κ3) is 4.39. The van der Waals surface area contributed by atoms with Crippen LogP contribution in [0, 0.1) is 11.3 Å². The van der Waals surface area contributed by atoms with Crippen LogP contribution in [0.4, 0.5) is 0 Å². The second-order valence-corrected chi connectivity index (χ2v) is 15.4. The van der Waals surface area contributed by atoms with Gasteiger partial charge < -0.3 is 4.57 Å². The molecule has 1 aromatic heterocycles. The number of fused-ring (bicyclic) bond motifs is 3. The van der Waals surface area contributed by atoms with Crippen molar-refractivity contribution in [1.82, 2.24) is 4.57 Å². The highest BCUT2D eigenvalue weighted by molar-refractivity contribution is 7.20. The van der Waals surface area contributed by atoms with E-state index in [1.807, 2.05) is 0 Å². The Bertz CT molecular complexity index is 2220. The average molecular weight is 603 g/mol. The van der Waals surface area contributed by atoms with Crippen LogP contribution in [-0.2, 0) is 0 Å². The first-order chi connectivity index (χ1) is 22.8. The van der Waals surface area contributed by atoms with Crippen LogP contribution < -0.4 is 20.7 Å². The highest BCUT2D eigenvalue weighted by atomic mass is 28.3. The summed E-state index contributed by atoms with van der Waals surface area (Å²) in [5.41, 5.74) is 6.27. The van der Waals surface area contributed by atoms with Gasteiger partial charge in [-0.15, -0.1) is 0 Å². The van der Waals surface area contributed by atoms with E-state index in [1.165, 1.54) is 37.4 Å². The van der Waals surface area contributed by atoms with Gasteiger partial charge in [-0.05, 0) is 62.2 Å². The molecule has 0 radical (unpaired) electrons. The molecule has 0 aliphatic heterocycles. The Balaban J connectivity index is 1.34. The predicted octanol–water partition coefficient (Wildman–Crippen LogP) is 7.70. The van der Waals surface area contributed by atoms with E-state index < -0.39 is 8.07 Å². The van der Waals surface area contributed by atoms with Gasteiger partial charge in [-0.1, -0.05) is 152 Å². The van der Waals surface area contributed by atoms with Crippen molar-refractivity contribution in [3.8, 4) is 22.9 Å². The normalized spacial score (nSPS) is 11.5. The molecule has 0 aliphatic carbocycles. The topological polar surface area (TPSA) is 28.7 Å². The largest absolute Gasteiger partial charge is 0.309 e. The molecule has 216 valence electrons. The van der Waals surface area contributed by atoms with Gasteiger partial charge in [0.25, 0.3) is 0 Å². The molecule has 0 saturated carbocycles. The third-order valence-electron chi connectivity index (χ3n) is 9.18. The van der Waals surface area contributed by atoms with Gasteiger partial charge in [0.1, 0.15) is 0 Å².